The molecule has 0 radical (unpaired) electrons. The monoisotopic (exact) mass is 313 g/mol. The van der Waals surface area contributed by atoms with Crippen molar-refractivity contribution in [2.24, 2.45) is 0 Å². The fraction of sp³-hybridized carbons (Fsp3) is 0.200. The maximum atomic E-state index is 6.29. The Morgan fingerprint density at radius 2 is 1.74 bits per heavy atom. The highest BCUT2D eigenvalue weighted by atomic mass is 35.5. The molecule has 0 aliphatic rings. The lowest BCUT2D eigenvalue weighted by Crippen LogP contribution is -2.11. The quantitative estimate of drug-likeness (QED) is 0.794. The third-order valence-electron chi connectivity index (χ3n) is 2.86. The minimum Gasteiger partial charge on any atom is -0.313 e. The first-order valence-electron chi connectivity index (χ1n) is 6.06. The molecule has 0 atom stereocenters. The molecule has 0 amide bonds. The summed E-state index contributed by atoms with van der Waals surface area (Å²) in [7, 11) is 0. The number of hydrogen-bond acceptors (Lipinski definition) is 1. The summed E-state index contributed by atoms with van der Waals surface area (Å²) in [5.74, 6) is 0. The maximum absolute atomic E-state index is 6.29. The van der Waals surface area contributed by atoms with Gasteiger partial charge in [-0.25, -0.2) is 0 Å². The van der Waals surface area contributed by atoms with Crippen molar-refractivity contribution < 1.29 is 0 Å². The van der Waals surface area contributed by atoms with Gasteiger partial charge in [0.25, 0.3) is 0 Å². The minimum absolute atomic E-state index is 0.628. The Hall–Kier alpha value is -0.730. The van der Waals surface area contributed by atoms with Gasteiger partial charge in [-0.2, -0.15) is 0 Å². The van der Waals surface area contributed by atoms with Gasteiger partial charge in [-0.05, 0) is 35.9 Å². The molecule has 4 heteroatoms. The molecule has 0 heterocycles. The Balaban J connectivity index is 2.33. The topological polar surface area (TPSA) is 12.0 Å². The van der Waals surface area contributed by atoms with Crippen LogP contribution in [0, 0.1) is 0 Å². The number of rotatable bonds is 4. The molecular formula is C15H14Cl3N. The van der Waals surface area contributed by atoms with Gasteiger partial charge in [-0.3, -0.25) is 0 Å². The van der Waals surface area contributed by atoms with Gasteiger partial charge < -0.3 is 5.32 Å². The van der Waals surface area contributed by atoms with E-state index in [4.69, 9.17) is 34.8 Å². The Morgan fingerprint density at radius 1 is 0.947 bits per heavy atom. The average molecular weight is 315 g/mol. The zero-order chi connectivity index (χ0) is 13.8. The van der Waals surface area contributed by atoms with Crippen LogP contribution in [0.3, 0.4) is 0 Å². The summed E-state index contributed by atoms with van der Waals surface area (Å²) in [6, 6.07) is 11.4. The van der Waals surface area contributed by atoms with Gasteiger partial charge in [-0.1, -0.05) is 59.9 Å². The standard InChI is InChI=1S/C15H14Cl3N/c1-2-19-9-11-4-3-10(7-14(11)17)13-6-5-12(16)8-15(13)18/h3-8,19H,2,9H2,1H3. The lowest BCUT2D eigenvalue weighted by atomic mass is 10.0. The molecule has 0 spiro atoms. The van der Waals surface area contributed by atoms with Gasteiger partial charge in [0.2, 0.25) is 0 Å². The van der Waals surface area contributed by atoms with E-state index in [0.717, 1.165) is 34.8 Å². The predicted octanol–water partition coefficient (Wildman–Crippen LogP) is 5.42. The average Bonchev–Trinajstić information content (AvgIpc) is 2.37. The molecule has 0 aromatic heterocycles. The molecule has 0 saturated carbocycles. The highest BCUT2D eigenvalue weighted by Crippen LogP contribution is 2.32. The van der Waals surface area contributed by atoms with E-state index >= 15 is 0 Å². The van der Waals surface area contributed by atoms with Gasteiger partial charge in [0.05, 0.1) is 0 Å². The first kappa shape index (κ1) is 14.7. The van der Waals surface area contributed by atoms with Gasteiger partial charge in [-0.15, -0.1) is 0 Å². The highest BCUT2D eigenvalue weighted by Gasteiger charge is 2.07. The summed E-state index contributed by atoms with van der Waals surface area (Å²) >= 11 is 18.4. The molecule has 0 bridgehead atoms. The maximum Gasteiger partial charge on any atom is 0.0499 e. The normalized spacial score (nSPS) is 10.7. The van der Waals surface area contributed by atoms with Crippen molar-refractivity contribution in [1.29, 1.82) is 0 Å². The lowest BCUT2D eigenvalue weighted by molar-refractivity contribution is 0.727. The van der Waals surface area contributed by atoms with E-state index in [1.54, 1.807) is 6.07 Å². The van der Waals surface area contributed by atoms with Crippen LogP contribution in [-0.4, -0.2) is 6.54 Å². The summed E-state index contributed by atoms with van der Waals surface area (Å²) in [6.45, 7) is 3.75. The smallest absolute Gasteiger partial charge is 0.0499 e. The summed E-state index contributed by atoms with van der Waals surface area (Å²) < 4.78 is 0. The SMILES string of the molecule is CCNCc1ccc(-c2ccc(Cl)cc2Cl)cc1Cl. The molecule has 0 aliphatic heterocycles. The molecule has 0 saturated heterocycles. The van der Waals surface area contributed by atoms with Gasteiger partial charge in [0.15, 0.2) is 0 Å². The Bertz CT molecular complexity index is 582. The van der Waals surface area contributed by atoms with E-state index < -0.39 is 0 Å². The van der Waals surface area contributed by atoms with Gasteiger partial charge in [0, 0.05) is 27.2 Å². The Labute approximate surface area is 128 Å². The van der Waals surface area contributed by atoms with Crippen molar-refractivity contribution in [3.05, 3.63) is 57.0 Å². The van der Waals surface area contributed by atoms with Crippen molar-refractivity contribution >= 4 is 34.8 Å². The van der Waals surface area contributed by atoms with Crippen molar-refractivity contribution in [1.82, 2.24) is 5.32 Å². The van der Waals surface area contributed by atoms with Crippen LogP contribution in [0.5, 0.6) is 0 Å². The van der Waals surface area contributed by atoms with E-state index in [2.05, 4.69) is 12.2 Å². The highest BCUT2D eigenvalue weighted by molar-refractivity contribution is 6.36. The van der Waals surface area contributed by atoms with E-state index in [1.165, 1.54) is 0 Å². The number of halogens is 3. The molecular weight excluding hydrogens is 301 g/mol. The molecule has 19 heavy (non-hydrogen) atoms. The Morgan fingerprint density at radius 3 is 2.37 bits per heavy atom. The van der Waals surface area contributed by atoms with Crippen molar-refractivity contribution in [3.63, 3.8) is 0 Å². The summed E-state index contributed by atoms with van der Waals surface area (Å²) in [5, 5.41) is 5.25. The van der Waals surface area contributed by atoms with Crippen molar-refractivity contribution in [2.45, 2.75) is 13.5 Å². The van der Waals surface area contributed by atoms with Crippen LogP contribution in [0.25, 0.3) is 11.1 Å². The zero-order valence-electron chi connectivity index (χ0n) is 10.5. The number of benzene rings is 2. The number of hydrogen-bond donors (Lipinski definition) is 1. The molecule has 100 valence electrons. The van der Waals surface area contributed by atoms with Crippen molar-refractivity contribution in [2.75, 3.05) is 6.54 Å². The third-order valence-corrected chi connectivity index (χ3v) is 3.76. The first-order valence-corrected chi connectivity index (χ1v) is 7.19. The van der Waals surface area contributed by atoms with Crippen LogP contribution in [-0.2, 0) is 6.54 Å². The van der Waals surface area contributed by atoms with Crippen LogP contribution in [0.1, 0.15) is 12.5 Å². The van der Waals surface area contributed by atoms with Crippen LogP contribution in [0.4, 0.5) is 0 Å². The van der Waals surface area contributed by atoms with E-state index in [9.17, 15) is 0 Å². The van der Waals surface area contributed by atoms with Gasteiger partial charge >= 0.3 is 0 Å². The Kier molecular flexibility index (Phi) is 5.12. The lowest BCUT2D eigenvalue weighted by Gasteiger charge is -2.09. The molecule has 2 rings (SSSR count). The fourth-order valence-corrected chi connectivity index (χ4v) is 2.61. The second kappa shape index (κ2) is 6.62. The summed E-state index contributed by atoms with van der Waals surface area (Å²) in [6.07, 6.45) is 0. The predicted molar refractivity (Wildman–Crippen MR) is 84.3 cm³/mol. The summed E-state index contributed by atoms with van der Waals surface area (Å²) in [4.78, 5) is 0. The third kappa shape index (κ3) is 3.64. The largest absolute Gasteiger partial charge is 0.313 e. The second-order valence-electron chi connectivity index (χ2n) is 4.21. The summed E-state index contributed by atoms with van der Waals surface area (Å²) in [5.41, 5.74) is 3.01. The molecule has 2 aromatic carbocycles. The van der Waals surface area contributed by atoms with Gasteiger partial charge in [0.1, 0.15) is 0 Å². The van der Waals surface area contributed by atoms with Crippen LogP contribution in [0.2, 0.25) is 15.1 Å². The van der Waals surface area contributed by atoms with Crippen LogP contribution in [0.15, 0.2) is 36.4 Å². The molecule has 2 aromatic rings. The fourth-order valence-electron chi connectivity index (χ4n) is 1.84. The molecule has 1 N–H and O–H groups in total. The molecule has 1 nitrogen and oxygen atoms in total. The second-order valence-corrected chi connectivity index (χ2v) is 5.46. The van der Waals surface area contributed by atoms with E-state index in [-0.39, 0.29) is 0 Å². The molecule has 0 fully saturated rings. The molecule has 0 aliphatic carbocycles. The van der Waals surface area contributed by atoms with E-state index in [1.807, 2.05) is 30.3 Å². The number of nitrogens with one attached hydrogen (secondary N) is 1. The van der Waals surface area contributed by atoms with Crippen LogP contribution >= 0.6 is 34.8 Å². The van der Waals surface area contributed by atoms with E-state index in [0.29, 0.717) is 10.0 Å². The minimum atomic E-state index is 0.628. The van der Waals surface area contributed by atoms with Crippen molar-refractivity contribution in [3.8, 4) is 11.1 Å². The molecule has 0 unspecified atom stereocenters. The van der Waals surface area contributed by atoms with Crippen LogP contribution < -0.4 is 5.32 Å². The first-order chi connectivity index (χ1) is 9.11. The zero-order valence-corrected chi connectivity index (χ0v) is 12.8.